The van der Waals surface area contributed by atoms with Gasteiger partial charge in [-0.2, -0.15) is 0 Å². The van der Waals surface area contributed by atoms with Gasteiger partial charge in [-0.15, -0.1) is 0 Å². The molecule has 0 aromatic carbocycles. The van der Waals surface area contributed by atoms with Crippen molar-refractivity contribution in [1.29, 1.82) is 0 Å². The summed E-state index contributed by atoms with van der Waals surface area (Å²) in [6, 6.07) is 0. The average Bonchev–Trinajstić information content (AvgIpc) is 2.87. The van der Waals surface area contributed by atoms with Gasteiger partial charge >= 0.3 is 0 Å². The number of sulfonamides is 1. The fourth-order valence-electron chi connectivity index (χ4n) is 3.27. The number of aryl methyl sites for hydroxylation is 2. The number of carbonyl (C=O) groups is 1. The Labute approximate surface area is 158 Å². The maximum absolute atomic E-state index is 12.4. The standard InChI is InChI=1S/C17H24N6O3S/c1-11-12(2)23(13(3)20-11)17-18-9-15(10-19-17)21-16(24)14-5-7-22(8-6-14)27(4,25)26/h9-10,14H,5-8H2,1-4H3,(H,21,24). The molecule has 0 aliphatic carbocycles. The molecule has 1 amide bonds. The maximum Gasteiger partial charge on any atom is 0.235 e. The Balaban J connectivity index is 1.64. The van der Waals surface area contributed by atoms with Gasteiger partial charge in [-0.05, 0) is 33.6 Å². The highest BCUT2D eigenvalue weighted by molar-refractivity contribution is 7.88. The predicted octanol–water partition coefficient (Wildman–Crippen LogP) is 1.20. The van der Waals surface area contributed by atoms with E-state index in [9.17, 15) is 13.2 Å². The second-order valence-electron chi connectivity index (χ2n) is 6.86. The number of carbonyl (C=O) groups excluding carboxylic acids is 1. The van der Waals surface area contributed by atoms with Gasteiger partial charge in [0, 0.05) is 24.7 Å². The number of piperidine rings is 1. The van der Waals surface area contributed by atoms with E-state index in [1.165, 1.54) is 10.6 Å². The number of nitrogens with zero attached hydrogens (tertiary/aromatic N) is 5. The van der Waals surface area contributed by atoms with Gasteiger partial charge in [0.05, 0.1) is 30.0 Å². The molecule has 146 valence electrons. The van der Waals surface area contributed by atoms with Gasteiger partial charge in [-0.25, -0.2) is 27.7 Å². The number of hydrogen-bond acceptors (Lipinski definition) is 6. The van der Waals surface area contributed by atoms with E-state index in [0.717, 1.165) is 17.2 Å². The predicted molar refractivity (Wildman–Crippen MR) is 101 cm³/mol. The minimum Gasteiger partial charge on any atom is -0.323 e. The third kappa shape index (κ3) is 4.16. The lowest BCUT2D eigenvalue weighted by molar-refractivity contribution is -0.120. The summed E-state index contributed by atoms with van der Waals surface area (Å²) in [5.41, 5.74) is 2.41. The Morgan fingerprint density at radius 3 is 2.22 bits per heavy atom. The van der Waals surface area contributed by atoms with E-state index in [1.54, 1.807) is 12.4 Å². The van der Waals surface area contributed by atoms with Gasteiger partial charge in [0.25, 0.3) is 0 Å². The molecule has 0 unspecified atom stereocenters. The third-order valence-corrected chi connectivity index (χ3v) is 6.21. The van der Waals surface area contributed by atoms with Crippen molar-refractivity contribution in [3.63, 3.8) is 0 Å². The number of rotatable bonds is 4. The van der Waals surface area contributed by atoms with E-state index in [4.69, 9.17) is 0 Å². The minimum absolute atomic E-state index is 0.134. The summed E-state index contributed by atoms with van der Waals surface area (Å²) in [6.07, 6.45) is 5.34. The highest BCUT2D eigenvalue weighted by atomic mass is 32.2. The van der Waals surface area contributed by atoms with Crippen LogP contribution in [0.5, 0.6) is 0 Å². The van der Waals surface area contributed by atoms with Crippen molar-refractivity contribution in [2.45, 2.75) is 33.6 Å². The second kappa shape index (κ2) is 7.35. The maximum atomic E-state index is 12.4. The molecule has 0 spiro atoms. The van der Waals surface area contributed by atoms with E-state index in [2.05, 4.69) is 20.3 Å². The van der Waals surface area contributed by atoms with Gasteiger partial charge in [-0.3, -0.25) is 9.36 Å². The third-order valence-electron chi connectivity index (χ3n) is 4.91. The normalized spacial score (nSPS) is 16.4. The number of hydrogen-bond donors (Lipinski definition) is 1. The van der Waals surface area contributed by atoms with Crippen molar-refractivity contribution >= 4 is 21.6 Å². The molecule has 10 heteroatoms. The molecular formula is C17H24N6O3S. The molecular weight excluding hydrogens is 368 g/mol. The van der Waals surface area contributed by atoms with E-state index in [1.807, 2.05) is 25.3 Å². The molecule has 1 N–H and O–H groups in total. The number of nitrogens with one attached hydrogen (secondary N) is 1. The molecule has 0 radical (unpaired) electrons. The monoisotopic (exact) mass is 392 g/mol. The van der Waals surface area contributed by atoms with Crippen LogP contribution in [-0.2, 0) is 14.8 Å². The Bertz CT molecular complexity index is 944. The Kier molecular flexibility index (Phi) is 5.29. The summed E-state index contributed by atoms with van der Waals surface area (Å²) in [7, 11) is -3.20. The van der Waals surface area contributed by atoms with Gasteiger partial charge < -0.3 is 5.32 Å². The molecule has 1 aliphatic heterocycles. The van der Waals surface area contributed by atoms with Gasteiger partial charge in [0.1, 0.15) is 5.82 Å². The first-order chi connectivity index (χ1) is 12.7. The molecule has 2 aromatic rings. The van der Waals surface area contributed by atoms with E-state index < -0.39 is 10.0 Å². The summed E-state index contributed by atoms with van der Waals surface area (Å²) < 4.78 is 26.4. The van der Waals surface area contributed by atoms with Crippen LogP contribution in [0.15, 0.2) is 12.4 Å². The average molecular weight is 392 g/mol. The van der Waals surface area contributed by atoms with E-state index >= 15 is 0 Å². The van der Waals surface area contributed by atoms with E-state index in [0.29, 0.717) is 37.6 Å². The molecule has 1 aliphatic rings. The molecule has 9 nitrogen and oxygen atoms in total. The van der Waals surface area contributed by atoms with Crippen LogP contribution in [-0.4, -0.2) is 57.5 Å². The molecule has 1 saturated heterocycles. The summed E-state index contributed by atoms with van der Waals surface area (Å²) in [4.78, 5) is 25.5. The summed E-state index contributed by atoms with van der Waals surface area (Å²) in [5.74, 6) is 0.957. The zero-order valence-corrected chi connectivity index (χ0v) is 16.7. The summed E-state index contributed by atoms with van der Waals surface area (Å²) in [5, 5.41) is 2.82. The fraction of sp³-hybridized carbons (Fsp3) is 0.529. The first-order valence-corrected chi connectivity index (χ1v) is 10.6. The van der Waals surface area contributed by atoms with Crippen LogP contribution in [0.1, 0.15) is 30.1 Å². The number of imidazole rings is 1. The quantitative estimate of drug-likeness (QED) is 0.837. The fourth-order valence-corrected chi connectivity index (χ4v) is 4.14. The molecule has 2 aromatic heterocycles. The summed E-state index contributed by atoms with van der Waals surface area (Å²) >= 11 is 0. The molecule has 3 heterocycles. The van der Waals surface area contributed by atoms with Crippen LogP contribution in [0.25, 0.3) is 5.95 Å². The smallest absolute Gasteiger partial charge is 0.235 e. The largest absolute Gasteiger partial charge is 0.323 e. The number of amides is 1. The molecule has 0 saturated carbocycles. The van der Waals surface area contributed by atoms with Crippen molar-refractivity contribution < 1.29 is 13.2 Å². The second-order valence-corrected chi connectivity index (χ2v) is 8.84. The van der Waals surface area contributed by atoms with Gasteiger partial charge in [0.2, 0.25) is 21.9 Å². The number of aromatic nitrogens is 4. The van der Waals surface area contributed by atoms with Gasteiger partial charge in [0.15, 0.2) is 0 Å². The van der Waals surface area contributed by atoms with Crippen LogP contribution in [0, 0.1) is 26.7 Å². The van der Waals surface area contributed by atoms with Crippen LogP contribution >= 0.6 is 0 Å². The van der Waals surface area contributed by atoms with Crippen molar-refractivity contribution in [3.8, 4) is 5.95 Å². The lowest BCUT2D eigenvalue weighted by Gasteiger charge is -2.29. The first-order valence-electron chi connectivity index (χ1n) is 8.77. The molecule has 0 bridgehead atoms. The van der Waals surface area contributed by atoms with Crippen LogP contribution in [0.2, 0.25) is 0 Å². The topological polar surface area (TPSA) is 110 Å². The summed E-state index contributed by atoms with van der Waals surface area (Å²) in [6.45, 7) is 6.51. The SMILES string of the molecule is Cc1nc(C)n(-c2ncc(NC(=O)C3CCN(S(C)(=O)=O)CC3)cn2)c1C. The Morgan fingerprint density at radius 2 is 1.74 bits per heavy atom. The van der Waals surface area contributed by atoms with E-state index in [-0.39, 0.29) is 11.8 Å². The zero-order chi connectivity index (χ0) is 19.8. The lowest BCUT2D eigenvalue weighted by Crippen LogP contribution is -2.40. The molecule has 0 atom stereocenters. The van der Waals surface area contributed by atoms with Crippen LogP contribution in [0.4, 0.5) is 5.69 Å². The Morgan fingerprint density at radius 1 is 1.15 bits per heavy atom. The van der Waals surface area contributed by atoms with Crippen molar-refractivity contribution in [3.05, 3.63) is 29.6 Å². The van der Waals surface area contributed by atoms with Crippen molar-refractivity contribution in [2.24, 2.45) is 5.92 Å². The van der Waals surface area contributed by atoms with Crippen LogP contribution in [0.3, 0.4) is 0 Å². The highest BCUT2D eigenvalue weighted by Gasteiger charge is 2.29. The lowest BCUT2D eigenvalue weighted by atomic mass is 9.97. The first kappa shape index (κ1) is 19.4. The molecule has 3 rings (SSSR count). The zero-order valence-electron chi connectivity index (χ0n) is 15.9. The highest BCUT2D eigenvalue weighted by Crippen LogP contribution is 2.21. The molecule has 27 heavy (non-hydrogen) atoms. The number of anilines is 1. The van der Waals surface area contributed by atoms with Crippen molar-refractivity contribution in [2.75, 3.05) is 24.7 Å². The molecule has 1 fully saturated rings. The van der Waals surface area contributed by atoms with Gasteiger partial charge in [-0.1, -0.05) is 0 Å². The van der Waals surface area contributed by atoms with Crippen LogP contribution < -0.4 is 5.32 Å². The van der Waals surface area contributed by atoms with Crippen molar-refractivity contribution in [1.82, 2.24) is 23.8 Å². The minimum atomic E-state index is -3.20. The Hall–Kier alpha value is -2.33.